The summed E-state index contributed by atoms with van der Waals surface area (Å²) in [5.74, 6) is 0.107. The first-order valence-corrected chi connectivity index (χ1v) is 43.8. The highest BCUT2D eigenvalue weighted by Crippen LogP contribution is 2.45. The van der Waals surface area contributed by atoms with Crippen LogP contribution >= 0.6 is 15.6 Å². The molecule has 582 valence electrons. The van der Waals surface area contributed by atoms with E-state index in [4.69, 9.17) is 37.0 Å². The number of aliphatic hydroxyl groups is 1. The molecule has 0 aliphatic heterocycles. The molecule has 0 heterocycles. The number of carbonyl (C=O) groups is 4. The van der Waals surface area contributed by atoms with Gasteiger partial charge in [0.1, 0.15) is 19.3 Å². The fourth-order valence-electron chi connectivity index (χ4n) is 12.1. The minimum atomic E-state index is -4.96. The van der Waals surface area contributed by atoms with Crippen LogP contribution in [0.1, 0.15) is 408 Å². The summed E-state index contributed by atoms with van der Waals surface area (Å²) in [5.41, 5.74) is 0. The summed E-state index contributed by atoms with van der Waals surface area (Å²) in [6.07, 6.45) is 57.1. The van der Waals surface area contributed by atoms with Crippen molar-refractivity contribution >= 4 is 39.5 Å². The van der Waals surface area contributed by atoms with Crippen molar-refractivity contribution < 1.29 is 80.2 Å². The predicted molar refractivity (Wildman–Crippen MR) is 400 cm³/mol. The van der Waals surface area contributed by atoms with E-state index < -0.39 is 97.5 Å². The Morgan fingerprint density at radius 3 is 0.694 bits per heavy atom. The number of ether oxygens (including phenoxy) is 4. The summed E-state index contributed by atoms with van der Waals surface area (Å²) < 4.78 is 68.6. The van der Waals surface area contributed by atoms with Crippen LogP contribution in [0.15, 0.2) is 0 Å². The quantitative estimate of drug-likeness (QED) is 0.0222. The second kappa shape index (κ2) is 69.4. The third-order valence-corrected chi connectivity index (χ3v) is 20.3. The molecular weight excluding hydrogens is 1280 g/mol. The zero-order valence-corrected chi connectivity index (χ0v) is 66.0. The van der Waals surface area contributed by atoms with Crippen LogP contribution in [-0.4, -0.2) is 96.7 Å². The van der Waals surface area contributed by atoms with Crippen molar-refractivity contribution in [3.63, 3.8) is 0 Å². The normalized spacial score (nSPS) is 14.0. The molecule has 0 saturated heterocycles. The number of carbonyl (C=O) groups excluding carboxylic acids is 4. The Kier molecular flexibility index (Phi) is 68.1. The molecule has 3 N–H and O–H groups in total. The maximum atomic E-state index is 13.1. The molecule has 98 heavy (non-hydrogen) atoms. The lowest BCUT2D eigenvalue weighted by molar-refractivity contribution is -0.161. The molecule has 0 bridgehead atoms. The zero-order chi connectivity index (χ0) is 72.3. The highest BCUT2D eigenvalue weighted by molar-refractivity contribution is 7.47. The van der Waals surface area contributed by atoms with E-state index in [-0.39, 0.29) is 25.7 Å². The monoisotopic (exact) mass is 1440 g/mol. The lowest BCUT2D eigenvalue weighted by Crippen LogP contribution is -2.30. The molecule has 0 rings (SSSR count). The molecule has 0 aliphatic carbocycles. The van der Waals surface area contributed by atoms with E-state index >= 15 is 0 Å². The van der Waals surface area contributed by atoms with Crippen LogP contribution in [0.2, 0.25) is 0 Å². The van der Waals surface area contributed by atoms with Crippen molar-refractivity contribution in [3.05, 3.63) is 0 Å². The number of esters is 4. The van der Waals surface area contributed by atoms with Gasteiger partial charge in [0.25, 0.3) is 0 Å². The van der Waals surface area contributed by atoms with Gasteiger partial charge in [-0.3, -0.25) is 37.3 Å². The molecule has 2 unspecified atom stereocenters. The van der Waals surface area contributed by atoms with Crippen molar-refractivity contribution in [1.29, 1.82) is 0 Å². The lowest BCUT2D eigenvalue weighted by Gasteiger charge is -2.21. The van der Waals surface area contributed by atoms with Gasteiger partial charge in [-0.25, -0.2) is 9.13 Å². The molecule has 0 amide bonds. The van der Waals surface area contributed by atoms with Gasteiger partial charge in [-0.15, -0.1) is 0 Å². The molecule has 0 aromatic carbocycles. The first-order chi connectivity index (χ1) is 47.2. The van der Waals surface area contributed by atoms with E-state index in [0.29, 0.717) is 25.7 Å². The molecule has 0 aromatic heterocycles. The summed E-state index contributed by atoms with van der Waals surface area (Å²) in [4.78, 5) is 72.9. The summed E-state index contributed by atoms with van der Waals surface area (Å²) >= 11 is 0. The number of phosphoric acid groups is 2. The summed E-state index contributed by atoms with van der Waals surface area (Å²) in [5, 5.41) is 10.6. The van der Waals surface area contributed by atoms with Gasteiger partial charge in [-0.1, -0.05) is 357 Å². The van der Waals surface area contributed by atoms with Gasteiger partial charge < -0.3 is 33.8 Å². The average Bonchev–Trinajstić information content (AvgIpc) is 1.00. The van der Waals surface area contributed by atoms with E-state index in [1.165, 1.54) is 218 Å². The summed E-state index contributed by atoms with van der Waals surface area (Å²) in [6.45, 7) is 11.9. The maximum Gasteiger partial charge on any atom is 0.472 e. The number of hydrogen-bond donors (Lipinski definition) is 3. The predicted octanol–water partition coefficient (Wildman–Crippen LogP) is 23.4. The SMILES string of the molecule is CCCCCCCCCCCCCCCCCCCCCCCCC(=O)O[C@H](COC(=O)CCCCCCCCCCCC(C)C)COP(=O)(O)OC[C@@H](O)COP(=O)(O)OC[C@@H](COC(=O)CCCCCCCCCCCC(C)C)OC(=O)CCCCCCCCCCCC(C)C. The van der Waals surface area contributed by atoms with Crippen LogP contribution < -0.4 is 0 Å². The summed E-state index contributed by atoms with van der Waals surface area (Å²) in [6, 6.07) is 0. The highest BCUT2D eigenvalue weighted by Gasteiger charge is 2.30. The van der Waals surface area contributed by atoms with Gasteiger partial charge >= 0.3 is 39.5 Å². The van der Waals surface area contributed by atoms with Crippen molar-refractivity contribution in [2.24, 2.45) is 17.8 Å². The topological polar surface area (TPSA) is 237 Å². The van der Waals surface area contributed by atoms with Crippen LogP contribution in [0.4, 0.5) is 0 Å². The average molecular weight is 1440 g/mol. The molecule has 5 atom stereocenters. The first-order valence-electron chi connectivity index (χ1n) is 40.8. The maximum absolute atomic E-state index is 13.1. The first kappa shape index (κ1) is 96.1. The Morgan fingerprint density at radius 1 is 0.276 bits per heavy atom. The smallest absolute Gasteiger partial charge is 0.462 e. The molecule has 17 nitrogen and oxygen atoms in total. The number of aliphatic hydroxyl groups excluding tert-OH is 1. The number of rotatable bonds is 77. The highest BCUT2D eigenvalue weighted by atomic mass is 31.2. The number of phosphoric ester groups is 2. The van der Waals surface area contributed by atoms with E-state index in [9.17, 15) is 43.2 Å². The molecular formula is C79H154O17P2. The van der Waals surface area contributed by atoms with E-state index in [1.54, 1.807) is 0 Å². The fraction of sp³-hybridized carbons (Fsp3) is 0.949. The van der Waals surface area contributed by atoms with Crippen LogP contribution in [-0.2, 0) is 65.4 Å². The molecule has 0 saturated carbocycles. The molecule has 0 radical (unpaired) electrons. The summed E-state index contributed by atoms with van der Waals surface area (Å²) in [7, 11) is -9.92. The van der Waals surface area contributed by atoms with Gasteiger partial charge in [-0.05, 0) is 43.4 Å². The van der Waals surface area contributed by atoms with Gasteiger partial charge in [0.15, 0.2) is 12.2 Å². The Bertz CT molecular complexity index is 1900. The lowest BCUT2D eigenvalue weighted by atomic mass is 10.0. The van der Waals surface area contributed by atoms with Crippen LogP contribution in [0.5, 0.6) is 0 Å². The molecule has 0 fully saturated rings. The Morgan fingerprint density at radius 2 is 0.469 bits per heavy atom. The Balaban J connectivity index is 5.19. The Labute approximate surface area is 600 Å². The van der Waals surface area contributed by atoms with E-state index in [2.05, 4.69) is 48.5 Å². The van der Waals surface area contributed by atoms with Crippen molar-refractivity contribution in [2.45, 2.75) is 426 Å². The number of hydrogen-bond acceptors (Lipinski definition) is 15. The van der Waals surface area contributed by atoms with Gasteiger partial charge in [-0.2, -0.15) is 0 Å². The number of unbranched alkanes of at least 4 members (excludes halogenated alkanes) is 45. The van der Waals surface area contributed by atoms with Crippen molar-refractivity contribution in [2.75, 3.05) is 39.6 Å². The van der Waals surface area contributed by atoms with Crippen LogP contribution in [0.25, 0.3) is 0 Å². The standard InChI is InChI=1S/C79H154O17P2/c1-8-9-10-11-12-13-14-15-16-17-18-19-20-21-22-23-24-25-32-41-48-55-62-78(83)95-74(66-89-76(81)60-53-46-39-33-26-29-36-43-50-57-70(2)3)68-93-97(85,86)91-64-73(80)65-92-98(87,88)94-69-75(96-79(84)63-56-49-42-35-28-31-38-45-52-59-72(6)7)67-90-77(82)61-54-47-40-34-27-30-37-44-51-58-71(4)5/h70-75,80H,8-69H2,1-7H3,(H,85,86)(H,87,88)/t73-,74-,75-/m1/s1. The van der Waals surface area contributed by atoms with Crippen molar-refractivity contribution in [3.8, 4) is 0 Å². The van der Waals surface area contributed by atoms with Crippen molar-refractivity contribution in [1.82, 2.24) is 0 Å². The molecule has 0 aromatic rings. The van der Waals surface area contributed by atoms with Gasteiger partial charge in [0, 0.05) is 25.7 Å². The molecule has 0 spiro atoms. The minimum Gasteiger partial charge on any atom is -0.462 e. The van der Waals surface area contributed by atoms with Gasteiger partial charge in [0.2, 0.25) is 0 Å². The second-order valence-corrected chi connectivity index (χ2v) is 32.8. The van der Waals surface area contributed by atoms with Crippen LogP contribution in [0, 0.1) is 17.8 Å². The fourth-order valence-corrected chi connectivity index (χ4v) is 13.7. The van der Waals surface area contributed by atoms with E-state index in [1.807, 2.05) is 0 Å². The largest absolute Gasteiger partial charge is 0.472 e. The Hall–Kier alpha value is -1.94. The molecule has 19 heteroatoms. The van der Waals surface area contributed by atoms with Crippen LogP contribution in [0.3, 0.4) is 0 Å². The third-order valence-electron chi connectivity index (χ3n) is 18.4. The van der Waals surface area contributed by atoms with E-state index in [0.717, 1.165) is 108 Å². The van der Waals surface area contributed by atoms with Gasteiger partial charge in [0.05, 0.1) is 26.4 Å². The third kappa shape index (κ3) is 72.4. The minimum absolute atomic E-state index is 0.105. The zero-order valence-electron chi connectivity index (χ0n) is 64.3. The second-order valence-electron chi connectivity index (χ2n) is 29.9. The molecule has 0 aliphatic rings.